The first-order valence-electron chi connectivity index (χ1n) is 9.73. The molecular formula is C21H27N3O2S. The van der Waals surface area contributed by atoms with Crippen LogP contribution in [0.1, 0.15) is 22.5 Å². The minimum atomic E-state index is 0.0389. The van der Waals surface area contributed by atoms with E-state index in [4.69, 9.17) is 4.74 Å². The molecule has 1 atom stereocenters. The van der Waals surface area contributed by atoms with Crippen LogP contribution in [0, 0.1) is 0 Å². The molecule has 4 rings (SSSR count). The van der Waals surface area contributed by atoms with Gasteiger partial charge in [-0.15, -0.1) is 11.3 Å². The van der Waals surface area contributed by atoms with Gasteiger partial charge in [0.15, 0.2) is 0 Å². The molecule has 2 saturated heterocycles. The third-order valence-electron chi connectivity index (χ3n) is 5.49. The Hall–Kier alpha value is -1.89. The van der Waals surface area contributed by atoms with Gasteiger partial charge in [-0.05, 0) is 38.1 Å². The Morgan fingerprint density at radius 3 is 2.70 bits per heavy atom. The van der Waals surface area contributed by atoms with E-state index in [9.17, 15) is 4.79 Å². The molecule has 2 aliphatic rings. The number of carbonyl (C=O) groups excluding carboxylic acids is 1. The van der Waals surface area contributed by atoms with Crippen LogP contribution in [0.5, 0.6) is 0 Å². The Kier molecular flexibility index (Phi) is 5.76. The molecule has 0 spiro atoms. The van der Waals surface area contributed by atoms with Crippen LogP contribution in [0.4, 0.5) is 5.00 Å². The third kappa shape index (κ3) is 4.18. The molecule has 27 heavy (non-hydrogen) atoms. The first kappa shape index (κ1) is 18.5. The summed E-state index contributed by atoms with van der Waals surface area (Å²) in [6.45, 7) is 5.06. The number of benzene rings is 1. The molecule has 5 nitrogen and oxygen atoms in total. The van der Waals surface area contributed by atoms with Crippen LogP contribution in [-0.2, 0) is 4.74 Å². The Bertz CT molecular complexity index is 771. The number of thiophene rings is 1. The number of carbonyl (C=O) groups is 1. The topological polar surface area (TPSA) is 44.8 Å². The Labute approximate surface area is 164 Å². The molecule has 0 radical (unpaired) electrons. The molecule has 0 aliphatic carbocycles. The van der Waals surface area contributed by atoms with Crippen LogP contribution in [-0.4, -0.2) is 63.3 Å². The van der Waals surface area contributed by atoms with E-state index in [1.54, 1.807) is 11.3 Å². The van der Waals surface area contributed by atoms with Crippen molar-refractivity contribution in [3.63, 3.8) is 0 Å². The summed E-state index contributed by atoms with van der Waals surface area (Å²) in [4.78, 5) is 18.3. The fourth-order valence-corrected chi connectivity index (χ4v) is 5.00. The molecule has 0 bridgehead atoms. The van der Waals surface area contributed by atoms with E-state index in [1.165, 1.54) is 11.4 Å². The molecule has 2 aliphatic heterocycles. The second-order valence-corrected chi connectivity index (χ2v) is 8.31. The van der Waals surface area contributed by atoms with Crippen molar-refractivity contribution in [2.24, 2.45) is 0 Å². The smallest absolute Gasteiger partial charge is 0.261 e. The summed E-state index contributed by atoms with van der Waals surface area (Å²) in [6.07, 6.45) is 2.38. The molecule has 1 aromatic heterocycles. The molecule has 3 heterocycles. The highest BCUT2D eigenvalue weighted by Gasteiger charge is 2.24. The van der Waals surface area contributed by atoms with Gasteiger partial charge in [-0.25, -0.2) is 0 Å². The van der Waals surface area contributed by atoms with Crippen molar-refractivity contribution >= 4 is 22.2 Å². The predicted molar refractivity (Wildman–Crippen MR) is 111 cm³/mol. The molecule has 0 saturated carbocycles. The van der Waals surface area contributed by atoms with Crippen molar-refractivity contribution in [1.29, 1.82) is 0 Å². The maximum Gasteiger partial charge on any atom is 0.261 e. The van der Waals surface area contributed by atoms with Gasteiger partial charge in [0.1, 0.15) is 0 Å². The fraction of sp³-hybridized carbons (Fsp3) is 0.476. The van der Waals surface area contributed by atoms with Crippen LogP contribution < -0.4 is 10.2 Å². The van der Waals surface area contributed by atoms with Gasteiger partial charge in [0.25, 0.3) is 5.91 Å². The SMILES string of the molecule is CN1CCC[C@H]1CNC(=O)c1cc(-c2ccccc2)c(N2CCOCC2)s1. The standard InChI is InChI=1S/C21H27N3O2S/c1-23-9-5-8-17(23)15-22-20(25)19-14-18(16-6-3-2-4-7-16)21(27-19)24-10-12-26-13-11-24/h2-4,6-7,14,17H,5,8-13,15H2,1H3,(H,22,25)/t17-/m0/s1. The highest BCUT2D eigenvalue weighted by Crippen LogP contribution is 2.39. The van der Waals surface area contributed by atoms with Gasteiger partial charge in [-0.2, -0.15) is 0 Å². The molecule has 0 unspecified atom stereocenters. The number of hydrogen-bond acceptors (Lipinski definition) is 5. The van der Waals surface area contributed by atoms with Gasteiger partial charge in [0.2, 0.25) is 0 Å². The number of nitrogens with zero attached hydrogens (tertiary/aromatic N) is 2. The number of likely N-dealkylation sites (tertiary alicyclic amines) is 1. The summed E-state index contributed by atoms with van der Waals surface area (Å²) >= 11 is 1.60. The van der Waals surface area contributed by atoms with E-state index in [2.05, 4.69) is 40.4 Å². The van der Waals surface area contributed by atoms with Crippen molar-refractivity contribution in [2.75, 3.05) is 51.3 Å². The number of amides is 1. The van der Waals surface area contributed by atoms with E-state index in [0.29, 0.717) is 6.04 Å². The van der Waals surface area contributed by atoms with Crippen LogP contribution in [0.25, 0.3) is 11.1 Å². The second-order valence-electron chi connectivity index (χ2n) is 7.28. The minimum Gasteiger partial charge on any atom is -0.378 e. The average Bonchev–Trinajstić information content (AvgIpc) is 3.34. The van der Waals surface area contributed by atoms with Crippen LogP contribution in [0.3, 0.4) is 0 Å². The van der Waals surface area contributed by atoms with Crippen LogP contribution in [0.2, 0.25) is 0 Å². The number of rotatable bonds is 5. The number of hydrogen-bond donors (Lipinski definition) is 1. The number of likely N-dealkylation sites (N-methyl/N-ethyl adjacent to an activating group) is 1. The van der Waals surface area contributed by atoms with E-state index in [1.807, 2.05) is 18.2 Å². The van der Waals surface area contributed by atoms with Crippen LogP contribution in [0.15, 0.2) is 36.4 Å². The summed E-state index contributed by atoms with van der Waals surface area (Å²) in [6, 6.07) is 12.9. The largest absolute Gasteiger partial charge is 0.378 e. The fourth-order valence-electron chi connectivity index (χ4n) is 3.85. The highest BCUT2D eigenvalue weighted by molar-refractivity contribution is 7.18. The molecule has 6 heteroatoms. The molecule has 2 fully saturated rings. The maximum absolute atomic E-state index is 12.8. The predicted octanol–water partition coefficient (Wildman–Crippen LogP) is 3.08. The molecule has 144 valence electrons. The van der Waals surface area contributed by atoms with Crippen LogP contribution >= 0.6 is 11.3 Å². The monoisotopic (exact) mass is 385 g/mol. The van der Waals surface area contributed by atoms with Gasteiger partial charge >= 0.3 is 0 Å². The maximum atomic E-state index is 12.8. The Morgan fingerprint density at radius 2 is 2.00 bits per heavy atom. The van der Waals surface area contributed by atoms with Gasteiger partial charge in [-0.3, -0.25) is 4.79 Å². The van der Waals surface area contributed by atoms with E-state index in [0.717, 1.165) is 61.8 Å². The summed E-state index contributed by atoms with van der Waals surface area (Å²) < 4.78 is 5.51. The first-order chi connectivity index (χ1) is 13.2. The lowest BCUT2D eigenvalue weighted by molar-refractivity contribution is 0.0947. The average molecular weight is 386 g/mol. The second kappa shape index (κ2) is 8.42. The summed E-state index contributed by atoms with van der Waals surface area (Å²) in [5, 5.41) is 4.33. The zero-order valence-corrected chi connectivity index (χ0v) is 16.6. The number of ether oxygens (including phenoxy) is 1. The highest BCUT2D eigenvalue weighted by atomic mass is 32.1. The van der Waals surface area contributed by atoms with Crippen molar-refractivity contribution in [2.45, 2.75) is 18.9 Å². The number of nitrogens with one attached hydrogen (secondary N) is 1. The normalized spacial score (nSPS) is 20.8. The quantitative estimate of drug-likeness (QED) is 0.859. The summed E-state index contributed by atoms with van der Waals surface area (Å²) in [7, 11) is 2.14. The lowest BCUT2D eigenvalue weighted by Gasteiger charge is -2.28. The van der Waals surface area contributed by atoms with Gasteiger partial charge in [0.05, 0.1) is 23.1 Å². The number of anilines is 1. The van der Waals surface area contributed by atoms with Crippen molar-refractivity contribution in [3.8, 4) is 11.1 Å². The Balaban J connectivity index is 1.55. The lowest BCUT2D eigenvalue weighted by atomic mass is 10.1. The van der Waals surface area contributed by atoms with Crippen molar-refractivity contribution in [3.05, 3.63) is 41.3 Å². The third-order valence-corrected chi connectivity index (χ3v) is 6.68. The van der Waals surface area contributed by atoms with Crippen molar-refractivity contribution < 1.29 is 9.53 Å². The molecule has 1 N–H and O–H groups in total. The Morgan fingerprint density at radius 1 is 1.22 bits per heavy atom. The lowest BCUT2D eigenvalue weighted by Crippen LogP contribution is -2.38. The summed E-state index contributed by atoms with van der Waals surface area (Å²) in [5.41, 5.74) is 2.30. The molecule has 1 amide bonds. The molecule has 1 aromatic carbocycles. The van der Waals surface area contributed by atoms with E-state index < -0.39 is 0 Å². The number of morpholine rings is 1. The first-order valence-corrected chi connectivity index (χ1v) is 10.5. The van der Waals surface area contributed by atoms with Crippen molar-refractivity contribution in [1.82, 2.24) is 10.2 Å². The minimum absolute atomic E-state index is 0.0389. The van der Waals surface area contributed by atoms with Gasteiger partial charge in [-0.1, -0.05) is 30.3 Å². The summed E-state index contributed by atoms with van der Waals surface area (Å²) in [5.74, 6) is 0.0389. The van der Waals surface area contributed by atoms with Gasteiger partial charge in [0, 0.05) is 31.2 Å². The van der Waals surface area contributed by atoms with Gasteiger partial charge < -0.3 is 19.9 Å². The zero-order valence-electron chi connectivity index (χ0n) is 15.8. The molecular weight excluding hydrogens is 358 g/mol. The molecule has 2 aromatic rings. The van der Waals surface area contributed by atoms with E-state index >= 15 is 0 Å². The van der Waals surface area contributed by atoms with E-state index in [-0.39, 0.29) is 5.91 Å². The zero-order chi connectivity index (χ0) is 18.6.